The van der Waals surface area contributed by atoms with Crippen LogP contribution in [0.25, 0.3) is 0 Å². The molecule has 2 N–H and O–H groups in total. The number of rotatable bonds is 3. The fourth-order valence-corrected chi connectivity index (χ4v) is 1.71. The van der Waals surface area contributed by atoms with E-state index in [-0.39, 0.29) is 6.04 Å². The predicted octanol–water partition coefficient (Wildman–Crippen LogP) is 2.70. The second-order valence-electron chi connectivity index (χ2n) is 2.90. The second-order valence-corrected chi connectivity index (χ2v) is 4.15. The summed E-state index contributed by atoms with van der Waals surface area (Å²) in [4.78, 5) is 0. The van der Waals surface area contributed by atoms with Gasteiger partial charge in [-0.15, -0.1) is 12.3 Å². The summed E-state index contributed by atoms with van der Waals surface area (Å²) in [5, 5.41) is 0. The maximum absolute atomic E-state index is 5.95. The standard InChI is InChI=1S/C11H12IN/c1-2-3-7-11(13)9-5-4-6-10(12)8-9/h1,4-6,8,11H,3,7,13H2. The van der Waals surface area contributed by atoms with Gasteiger partial charge in [0.1, 0.15) is 0 Å². The highest BCUT2D eigenvalue weighted by molar-refractivity contribution is 14.1. The minimum Gasteiger partial charge on any atom is -0.324 e. The minimum absolute atomic E-state index is 0.0748. The normalized spacial score (nSPS) is 12.1. The summed E-state index contributed by atoms with van der Waals surface area (Å²) in [6.45, 7) is 0. The van der Waals surface area contributed by atoms with E-state index < -0.39 is 0 Å². The van der Waals surface area contributed by atoms with Crippen molar-refractivity contribution in [1.29, 1.82) is 0 Å². The average Bonchev–Trinajstić information content (AvgIpc) is 2.14. The van der Waals surface area contributed by atoms with Gasteiger partial charge in [-0.25, -0.2) is 0 Å². The molecule has 0 fully saturated rings. The zero-order valence-corrected chi connectivity index (χ0v) is 9.49. The number of benzene rings is 1. The molecule has 1 unspecified atom stereocenters. The predicted molar refractivity (Wildman–Crippen MR) is 64.2 cm³/mol. The third-order valence-electron chi connectivity index (χ3n) is 1.88. The van der Waals surface area contributed by atoms with Crippen LogP contribution in [0, 0.1) is 15.9 Å². The average molecular weight is 285 g/mol. The molecule has 1 aromatic rings. The largest absolute Gasteiger partial charge is 0.324 e. The lowest BCUT2D eigenvalue weighted by atomic mass is 10.0. The van der Waals surface area contributed by atoms with E-state index in [1.165, 1.54) is 9.13 Å². The summed E-state index contributed by atoms with van der Waals surface area (Å²) >= 11 is 2.28. The van der Waals surface area contributed by atoms with Crippen molar-refractivity contribution < 1.29 is 0 Å². The summed E-state index contributed by atoms with van der Waals surface area (Å²) in [6, 6.07) is 8.29. The molecular formula is C11H12IN. The Kier molecular flexibility index (Phi) is 4.26. The summed E-state index contributed by atoms with van der Waals surface area (Å²) in [5.74, 6) is 2.60. The van der Waals surface area contributed by atoms with Crippen LogP contribution < -0.4 is 5.73 Å². The van der Waals surface area contributed by atoms with Crippen LogP contribution in [0.2, 0.25) is 0 Å². The van der Waals surface area contributed by atoms with Gasteiger partial charge in [0.15, 0.2) is 0 Å². The van der Waals surface area contributed by atoms with Gasteiger partial charge >= 0.3 is 0 Å². The highest BCUT2D eigenvalue weighted by atomic mass is 127. The minimum atomic E-state index is 0.0748. The number of terminal acetylenes is 1. The first kappa shape index (κ1) is 10.6. The number of hydrogen-bond donors (Lipinski definition) is 1. The summed E-state index contributed by atoms with van der Waals surface area (Å²) < 4.78 is 1.21. The van der Waals surface area contributed by atoms with Crippen molar-refractivity contribution in [3.8, 4) is 12.3 Å². The Morgan fingerprint density at radius 2 is 2.31 bits per heavy atom. The second kappa shape index (κ2) is 5.25. The van der Waals surface area contributed by atoms with Crippen LogP contribution in [0.3, 0.4) is 0 Å². The van der Waals surface area contributed by atoms with Crippen LogP contribution in [-0.2, 0) is 0 Å². The van der Waals surface area contributed by atoms with Gasteiger partial charge in [-0.2, -0.15) is 0 Å². The van der Waals surface area contributed by atoms with Crippen LogP contribution in [0.1, 0.15) is 24.4 Å². The fraction of sp³-hybridized carbons (Fsp3) is 0.273. The zero-order valence-electron chi connectivity index (χ0n) is 7.33. The van der Waals surface area contributed by atoms with E-state index in [0.29, 0.717) is 0 Å². The Hall–Kier alpha value is -0.530. The highest BCUT2D eigenvalue weighted by Crippen LogP contribution is 2.17. The van der Waals surface area contributed by atoms with Crippen molar-refractivity contribution in [2.24, 2.45) is 5.73 Å². The summed E-state index contributed by atoms with van der Waals surface area (Å²) in [5.41, 5.74) is 7.12. The van der Waals surface area contributed by atoms with E-state index in [1.807, 2.05) is 12.1 Å². The smallest absolute Gasteiger partial charge is 0.0304 e. The maximum Gasteiger partial charge on any atom is 0.0304 e. The van der Waals surface area contributed by atoms with E-state index in [2.05, 4.69) is 40.6 Å². The molecule has 0 aromatic heterocycles. The van der Waals surface area contributed by atoms with E-state index in [0.717, 1.165) is 12.8 Å². The molecule has 0 saturated carbocycles. The molecule has 0 amide bonds. The molecule has 0 bridgehead atoms. The van der Waals surface area contributed by atoms with Crippen molar-refractivity contribution in [3.63, 3.8) is 0 Å². The molecule has 0 aliphatic heterocycles. The lowest BCUT2D eigenvalue weighted by Gasteiger charge is -2.10. The van der Waals surface area contributed by atoms with Gasteiger partial charge in [0.25, 0.3) is 0 Å². The van der Waals surface area contributed by atoms with Crippen molar-refractivity contribution in [2.75, 3.05) is 0 Å². The molecule has 68 valence electrons. The topological polar surface area (TPSA) is 26.0 Å². The van der Waals surface area contributed by atoms with Gasteiger partial charge < -0.3 is 5.73 Å². The van der Waals surface area contributed by atoms with E-state index in [9.17, 15) is 0 Å². The molecule has 0 aliphatic rings. The molecule has 0 heterocycles. The molecule has 1 aromatic carbocycles. The highest BCUT2D eigenvalue weighted by Gasteiger charge is 2.04. The number of hydrogen-bond acceptors (Lipinski definition) is 1. The van der Waals surface area contributed by atoms with Crippen LogP contribution in [0.15, 0.2) is 24.3 Å². The van der Waals surface area contributed by atoms with Crippen molar-refractivity contribution in [3.05, 3.63) is 33.4 Å². The number of nitrogens with two attached hydrogens (primary N) is 1. The van der Waals surface area contributed by atoms with Gasteiger partial charge in [0, 0.05) is 16.0 Å². The quantitative estimate of drug-likeness (QED) is 0.670. The Morgan fingerprint density at radius 3 is 2.92 bits per heavy atom. The lowest BCUT2D eigenvalue weighted by molar-refractivity contribution is 0.667. The molecule has 13 heavy (non-hydrogen) atoms. The van der Waals surface area contributed by atoms with Crippen LogP contribution >= 0.6 is 22.6 Å². The van der Waals surface area contributed by atoms with Gasteiger partial charge in [0.2, 0.25) is 0 Å². The molecular weight excluding hydrogens is 273 g/mol. The third-order valence-corrected chi connectivity index (χ3v) is 2.55. The van der Waals surface area contributed by atoms with Gasteiger partial charge in [-0.05, 0) is 46.7 Å². The molecule has 0 radical (unpaired) electrons. The van der Waals surface area contributed by atoms with E-state index >= 15 is 0 Å². The summed E-state index contributed by atoms with van der Waals surface area (Å²) in [6.07, 6.45) is 6.78. The van der Waals surface area contributed by atoms with Crippen molar-refractivity contribution in [2.45, 2.75) is 18.9 Å². The van der Waals surface area contributed by atoms with Crippen LogP contribution in [0.5, 0.6) is 0 Å². The lowest BCUT2D eigenvalue weighted by Crippen LogP contribution is -2.09. The zero-order chi connectivity index (χ0) is 9.68. The maximum atomic E-state index is 5.95. The molecule has 0 aliphatic carbocycles. The molecule has 0 saturated heterocycles. The van der Waals surface area contributed by atoms with Crippen LogP contribution in [-0.4, -0.2) is 0 Å². The molecule has 1 nitrogen and oxygen atoms in total. The molecule has 1 atom stereocenters. The molecule has 0 spiro atoms. The monoisotopic (exact) mass is 285 g/mol. The first-order chi connectivity index (χ1) is 6.24. The SMILES string of the molecule is C#CCCC(N)c1cccc(I)c1. The van der Waals surface area contributed by atoms with Gasteiger partial charge in [0.05, 0.1) is 0 Å². The number of halogens is 1. The van der Waals surface area contributed by atoms with Crippen LogP contribution in [0.4, 0.5) is 0 Å². The Morgan fingerprint density at radius 1 is 1.54 bits per heavy atom. The first-order valence-corrected chi connectivity index (χ1v) is 5.26. The van der Waals surface area contributed by atoms with Crippen molar-refractivity contribution >= 4 is 22.6 Å². The van der Waals surface area contributed by atoms with Gasteiger partial charge in [-0.1, -0.05) is 12.1 Å². The van der Waals surface area contributed by atoms with Gasteiger partial charge in [-0.3, -0.25) is 0 Å². The first-order valence-electron chi connectivity index (χ1n) is 4.18. The molecule has 2 heteroatoms. The van der Waals surface area contributed by atoms with E-state index in [1.54, 1.807) is 0 Å². The fourth-order valence-electron chi connectivity index (χ4n) is 1.14. The van der Waals surface area contributed by atoms with E-state index in [4.69, 9.17) is 12.2 Å². The third kappa shape index (κ3) is 3.37. The summed E-state index contributed by atoms with van der Waals surface area (Å²) in [7, 11) is 0. The molecule has 1 rings (SSSR count). The van der Waals surface area contributed by atoms with Crippen molar-refractivity contribution in [1.82, 2.24) is 0 Å². The Balaban J connectivity index is 2.66. The Bertz CT molecular complexity index is 314. The Labute approximate surface area is 92.9 Å².